The molecule has 5 rings (SSSR count). The van der Waals surface area contributed by atoms with Crippen molar-refractivity contribution in [3.8, 4) is 57.3 Å². The van der Waals surface area contributed by atoms with Gasteiger partial charge in [-0.25, -0.2) is 0 Å². The van der Waals surface area contributed by atoms with Gasteiger partial charge in [0.25, 0.3) is 0 Å². The van der Waals surface area contributed by atoms with Crippen LogP contribution in [0.1, 0.15) is 0 Å². The molecular weight excluding hydrogens is 488 g/mol. The van der Waals surface area contributed by atoms with Gasteiger partial charge in [0.2, 0.25) is 22.4 Å². The molecule has 0 bridgehead atoms. The van der Waals surface area contributed by atoms with Crippen molar-refractivity contribution in [2.24, 2.45) is 0 Å². The van der Waals surface area contributed by atoms with E-state index >= 15 is 0 Å². The lowest BCUT2D eigenvalue weighted by Gasteiger charge is -2.07. The van der Waals surface area contributed by atoms with Crippen LogP contribution in [0.5, 0.6) is 46.0 Å². The Kier molecular flexibility index (Phi) is 6.12. The molecule has 1 aromatic heterocycles. The number of fused-ring (bicyclic) bond motifs is 2. The Labute approximate surface area is 205 Å². The van der Waals surface area contributed by atoms with E-state index in [0.717, 1.165) is 18.2 Å². The number of phenolic OH excluding ortho intramolecular Hbond substituents is 6. The summed E-state index contributed by atoms with van der Waals surface area (Å²) in [6.45, 7) is 0. The van der Waals surface area contributed by atoms with E-state index in [1.165, 1.54) is 42.5 Å². The highest BCUT2D eigenvalue weighted by Crippen LogP contribution is 2.39. The van der Waals surface area contributed by atoms with Gasteiger partial charge in [0, 0.05) is 11.6 Å². The number of hydrogen-bond donors (Lipinski definition) is 8. The Hall–Kier alpha value is -5.58. The summed E-state index contributed by atoms with van der Waals surface area (Å²) in [7, 11) is 0. The first-order valence-electron chi connectivity index (χ1n) is 10.4. The standard InChI is InChI=1S/C15H10O6.C11H8O5/c16-8-2-3-9-12(6-8)21-15(14(20)13(9)19)7-1-4-10(17)11(18)5-7;12-6-3-1-2-5-4-7(13)10(15)11(16)8(5)9(6)14/h1-6,16-18,20H;1-4,13,15-16H,(H,12,14). The minimum Gasteiger partial charge on any atom is -0.508 e. The van der Waals surface area contributed by atoms with E-state index in [1.54, 1.807) is 0 Å². The Balaban J connectivity index is 0.000000180. The SMILES string of the molecule is O=c1c(O)c(-c2ccc(O)c(O)c2)oc2cc(O)ccc12.O=c1c(O)cccc2cc(O)c(O)c(O)c12. The average Bonchev–Trinajstić information content (AvgIpc) is 3.00. The summed E-state index contributed by atoms with van der Waals surface area (Å²) in [6, 6.07) is 12.8. The molecule has 5 aromatic rings. The van der Waals surface area contributed by atoms with Gasteiger partial charge in [0.05, 0.1) is 10.8 Å². The molecule has 8 N–H and O–H groups in total. The predicted octanol–water partition coefficient (Wildman–Crippen LogP) is 3.30. The molecule has 0 unspecified atom stereocenters. The molecule has 0 fully saturated rings. The molecule has 0 spiro atoms. The fraction of sp³-hybridized carbons (Fsp3) is 0. The minimum absolute atomic E-state index is 0.0872. The lowest BCUT2D eigenvalue weighted by molar-refractivity contribution is 0.371. The molecule has 37 heavy (non-hydrogen) atoms. The van der Waals surface area contributed by atoms with Crippen LogP contribution in [0.25, 0.3) is 33.1 Å². The third-order valence-electron chi connectivity index (χ3n) is 5.36. The number of aromatic hydroxyl groups is 8. The van der Waals surface area contributed by atoms with Crippen LogP contribution in [0.3, 0.4) is 0 Å². The quantitative estimate of drug-likeness (QED) is 0.155. The molecule has 0 atom stereocenters. The summed E-state index contributed by atoms with van der Waals surface area (Å²) < 4.78 is 5.43. The predicted molar refractivity (Wildman–Crippen MR) is 131 cm³/mol. The number of hydrogen-bond acceptors (Lipinski definition) is 11. The lowest BCUT2D eigenvalue weighted by Crippen LogP contribution is -2.02. The Bertz CT molecular complexity index is 1810. The lowest BCUT2D eigenvalue weighted by atomic mass is 10.1. The van der Waals surface area contributed by atoms with Crippen molar-refractivity contribution in [3.05, 3.63) is 81.1 Å². The van der Waals surface area contributed by atoms with E-state index in [4.69, 9.17) is 4.42 Å². The smallest absolute Gasteiger partial charge is 0.235 e. The minimum atomic E-state index is -0.812. The van der Waals surface area contributed by atoms with Gasteiger partial charge in [-0.2, -0.15) is 0 Å². The molecule has 0 aliphatic heterocycles. The Morgan fingerprint density at radius 3 is 2.00 bits per heavy atom. The molecule has 11 heteroatoms. The second-order valence-electron chi connectivity index (χ2n) is 7.79. The molecule has 11 nitrogen and oxygen atoms in total. The molecule has 0 aliphatic rings. The van der Waals surface area contributed by atoms with Crippen LogP contribution < -0.4 is 10.9 Å². The highest BCUT2D eigenvalue weighted by atomic mass is 16.4. The summed E-state index contributed by atoms with van der Waals surface area (Å²) in [5, 5.41) is 75.7. The first-order chi connectivity index (χ1) is 17.5. The summed E-state index contributed by atoms with van der Waals surface area (Å²) in [5.74, 6) is -4.21. The monoisotopic (exact) mass is 506 g/mol. The first-order valence-corrected chi connectivity index (χ1v) is 10.4. The van der Waals surface area contributed by atoms with E-state index in [1.807, 2.05) is 0 Å². The number of rotatable bonds is 1. The van der Waals surface area contributed by atoms with E-state index in [2.05, 4.69) is 0 Å². The zero-order chi connectivity index (χ0) is 27.0. The third kappa shape index (κ3) is 4.44. The maximum atomic E-state index is 12.1. The maximum absolute atomic E-state index is 12.1. The topological polar surface area (TPSA) is 209 Å². The van der Waals surface area contributed by atoms with Crippen molar-refractivity contribution in [2.75, 3.05) is 0 Å². The van der Waals surface area contributed by atoms with Crippen molar-refractivity contribution in [2.45, 2.75) is 0 Å². The third-order valence-corrected chi connectivity index (χ3v) is 5.36. The molecule has 0 saturated carbocycles. The van der Waals surface area contributed by atoms with Crippen molar-refractivity contribution < 1.29 is 45.3 Å². The fourth-order valence-electron chi connectivity index (χ4n) is 3.51. The summed E-state index contributed by atoms with van der Waals surface area (Å²) in [6.07, 6.45) is 0. The molecular formula is C26H18O11. The molecule has 4 aromatic carbocycles. The molecule has 0 aliphatic carbocycles. The molecule has 0 radical (unpaired) electrons. The Morgan fingerprint density at radius 1 is 0.568 bits per heavy atom. The highest BCUT2D eigenvalue weighted by Gasteiger charge is 2.17. The molecule has 0 amide bonds. The summed E-state index contributed by atoms with van der Waals surface area (Å²) >= 11 is 0. The summed E-state index contributed by atoms with van der Waals surface area (Å²) in [4.78, 5) is 23.7. The van der Waals surface area contributed by atoms with Gasteiger partial charge in [-0.05, 0) is 47.9 Å². The van der Waals surface area contributed by atoms with Crippen LogP contribution in [0, 0.1) is 0 Å². The zero-order valence-electron chi connectivity index (χ0n) is 18.6. The number of phenols is 6. The average molecular weight is 506 g/mol. The molecule has 0 saturated heterocycles. The van der Waals surface area contributed by atoms with Gasteiger partial charge in [-0.1, -0.05) is 12.1 Å². The molecule has 1 heterocycles. The van der Waals surface area contributed by atoms with E-state index in [0.29, 0.717) is 0 Å². The maximum Gasteiger partial charge on any atom is 0.235 e. The van der Waals surface area contributed by atoms with Gasteiger partial charge in [-0.15, -0.1) is 0 Å². The first kappa shape index (κ1) is 24.5. The van der Waals surface area contributed by atoms with E-state index in [-0.39, 0.29) is 44.6 Å². The van der Waals surface area contributed by atoms with Gasteiger partial charge in [0.15, 0.2) is 34.5 Å². The van der Waals surface area contributed by atoms with E-state index in [9.17, 15) is 50.4 Å². The van der Waals surface area contributed by atoms with Crippen molar-refractivity contribution in [1.82, 2.24) is 0 Å². The Morgan fingerprint density at radius 2 is 1.30 bits per heavy atom. The fourth-order valence-corrected chi connectivity index (χ4v) is 3.51. The van der Waals surface area contributed by atoms with Gasteiger partial charge in [-0.3, -0.25) is 9.59 Å². The number of benzene rings is 3. The van der Waals surface area contributed by atoms with Crippen molar-refractivity contribution in [1.29, 1.82) is 0 Å². The van der Waals surface area contributed by atoms with Crippen LogP contribution >= 0.6 is 0 Å². The van der Waals surface area contributed by atoms with Gasteiger partial charge in [0.1, 0.15) is 11.3 Å². The highest BCUT2D eigenvalue weighted by molar-refractivity contribution is 5.92. The second-order valence-corrected chi connectivity index (χ2v) is 7.79. The largest absolute Gasteiger partial charge is 0.508 e. The van der Waals surface area contributed by atoms with Gasteiger partial charge < -0.3 is 45.3 Å². The normalized spacial score (nSPS) is 10.7. The van der Waals surface area contributed by atoms with Crippen molar-refractivity contribution in [3.63, 3.8) is 0 Å². The van der Waals surface area contributed by atoms with Crippen LogP contribution in [0.4, 0.5) is 0 Å². The van der Waals surface area contributed by atoms with Gasteiger partial charge >= 0.3 is 0 Å². The van der Waals surface area contributed by atoms with Crippen LogP contribution in [0.2, 0.25) is 0 Å². The van der Waals surface area contributed by atoms with Crippen LogP contribution in [0.15, 0.2) is 74.7 Å². The molecule has 188 valence electrons. The summed E-state index contributed by atoms with van der Waals surface area (Å²) in [5.41, 5.74) is -1.16. The van der Waals surface area contributed by atoms with E-state index < -0.39 is 45.4 Å². The zero-order valence-corrected chi connectivity index (χ0v) is 18.6. The van der Waals surface area contributed by atoms with Crippen LogP contribution in [-0.4, -0.2) is 40.9 Å². The second kappa shape index (κ2) is 9.23. The van der Waals surface area contributed by atoms with Crippen molar-refractivity contribution >= 4 is 21.7 Å². The van der Waals surface area contributed by atoms with Crippen LogP contribution in [-0.2, 0) is 0 Å².